The summed E-state index contributed by atoms with van der Waals surface area (Å²) in [5, 5.41) is 4.65. The number of halogens is 1. The standard InChI is InChI=1S/C17H17ClN4O/c1-10(2)14-5-16-11(4-15(14)18)3-13(22-16)8-21-17(23)12-6-19-9-20-7-12/h3-7,9-10,22H,8H2,1-2H3,(H,21,23). The van der Waals surface area contributed by atoms with E-state index in [2.05, 4.69) is 40.2 Å². The molecule has 23 heavy (non-hydrogen) atoms. The number of amides is 1. The summed E-state index contributed by atoms with van der Waals surface area (Å²) in [5.41, 5.74) is 3.49. The summed E-state index contributed by atoms with van der Waals surface area (Å²) >= 11 is 6.32. The Morgan fingerprint density at radius 2 is 2.00 bits per heavy atom. The Bertz CT molecular complexity index is 842. The van der Waals surface area contributed by atoms with Crippen molar-refractivity contribution < 1.29 is 4.79 Å². The Kier molecular flexibility index (Phi) is 4.30. The van der Waals surface area contributed by atoms with Crippen molar-refractivity contribution in [2.75, 3.05) is 0 Å². The minimum atomic E-state index is -0.204. The van der Waals surface area contributed by atoms with Gasteiger partial charge in [-0.15, -0.1) is 0 Å². The maximum Gasteiger partial charge on any atom is 0.254 e. The highest BCUT2D eigenvalue weighted by molar-refractivity contribution is 6.32. The second-order valence-corrected chi connectivity index (χ2v) is 6.13. The number of nitrogens with zero attached hydrogens (tertiary/aromatic N) is 2. The van der Waals surface area contributed by atoms with Gasteiger partial charge in [-0.1, -0.05) is 25.4 Å². The van der Waals surface area contributed by atoms with Gasteiger partial charge >= 0.3 is 0 Å². The van der Waals surface area contributed by atoms with E-state index in [0.717, 1.165) is 27.2 Å². The maximum absolute atomic E-state index is 12.0. The van der Waals surface area contributed by atoms with Crippen LogP contribution >= 0.6 is 11.6 Å². The highest BCUT2D eigenvalue weighted by Gasteiger charge is 2.10. The first-order chi connectivity index (χ1) is 11.0. The van der Waals surface area contributed by atoms with Crippen LogP contribution in [0.3, 0.4) is 0 Å². The summed E-state index contributed by atoms with van der Waals surface area (Å²) < 4.78 is 0. The van der Waals surface area contributed by atoms with E-state index in [1.165, 1.54) is 18.7 Å². The SMILES string of the molecule is CC(C)c1cc2[nH]c(CNC(=O)c3cncnc3)cc2cc1Cl. The van der Waals surface area contributed by atoms with Gasteiger partial charge in [0, 0.05) is 34.0 Å². The van der Waals surface area contributed by atoms with E-state index in [1.807, 2.05) is 12.1 Å². The van der Waals surface area contributed by atoms with Crippen LogP contribution in [-0.2, 0) is 6.54 Å². The monoisotopic (exact) mass is 328 g/mol. The van der Waals surface area contributed by atoms with Crippen molar-refractivity contribution in [1.82, 2.24) is 20.3 Å². The van der Waals surface area contributed by atoms with E-state index < -0.39 is 0 Å². The average molecular weight is 329 g/mol. The van der Waals surface area contributed by atoms with Crippen LogP contribution in [0.2, 0.25) is 5.02 Å². The van der Waals surface area contributed by atoms with E-state index in [1.54, 1.807) is 0 Å². The fourth-order valence-corrected chi connectivity index (χ4v) is 2.85. The minimum absolute atomic E-state index is 0.204. The molecule has 6 heteroatoms. The number of nitrogens with one attached hydrogen (secondary N) is 2. The minimum Gasteiger partial charge on any atom is -0.357 e. The fraction of sp³-hybridized carbons (Fsp3) is 0.235. The Labute approximate surface area is 139 Å². The highest BCUT2D eigenvalue weighted by atomic mass is 35.5. The molecule has 0 aliphatic rings. The van der Waals surface area contributed by atoms with Crippen LogP contribution in [0, 0.1) is 0 Å². The molecule has 0 saturated carbocycles. The van der Waals surface area contributed by atoms with Gasteiger partial charge in [-0.3, -0.25) is 4.79 Å². The molecular formula is C17H17ClN4O. The number of benzene rings is 1. The lowest BCUT2D eigenvalue weighted by Gasteiger charge is -2.07. The molecule has 0 unspecified atom stereocenters. The van der Waals surface area contributed by atoms with E-state index in [9.17, 15) is 4.79 Å². The molecule has 0 radical (unpaired) electrons. The van der Waals surface area contributed by atoms with Gasteiger partial charge in [0.2, 0.25) is 0 Å². The molecule has 0 fully saturated rings. The predicted octanol–water partition coefficient (Wildman–Crippen LogP) is 3.66. The summed E-state index contributed by atoms with van der Waals surface area (Å²) in [5.74, 6) is 0.154. The molecule has 0 spiro atoms. The zero-order valence-electron chi connectivity index (χ0n) is 12.9. The van der Waals surface area contributed by atoms with Crippen molar-refractivity contribution in [3.63, 3.8) is 0 Å². The lowest BCUT2D eigenvalue weighted by Crippen LogP contribution is -2.23. The quantitative estimate of drug-likeness (QED) is 0.767. The topological polar surface area (TPSA) is 70.7 Å². The molecule has 0 aliphatic heterocycles. The first-order valence-corrected chi connectivity index (χ1v) is 7.76. The van der Waals surface area contributed by atoms with Gasteiger partial charge in [0.1, 0.15) is 6.33 Å². The smallest absolute Gasteiger partial charge is 0.254 e. The van der Waals surface area contributed by atoms with E-state index >= 15 is 0 Å². The lowest BCUT2D eigenvalue weighted by molar-refractivity contribution is 0.0949. The predicted molar refractivity (Wildman–Crippen MR) is 90.6 cm³/mol. The summed E-state index contributed by atoms with van der Waals surface area (Å²) in [6.45, 7) is 4.62. The molecule has 0 saturated heterocycles. The van der Waals surface area contributed by atoms with Gasteiger partial charge in [-0.2, -0.15) is 0 Å². The van der Waals surface area contributed by atoms with Crippen molar-refractivity contribution >= 4 is 28.4 Å². The van der Waals surface area contributed by atoms with Crippen LogP contribution in [0.25, 0.3) is 10.9 Å². The number of aromatic nitrogens is 3. The molecule has 5 nitrogen and oxygen atoms in total. The molecule has 118 valence electrons. The Morgan fingerprint density at radius 1 is 1.26 bits per heavy atom. The van der Waals surface area contributed by atoms with E-state index in [4.69, 9.17) is 11.6 Å². The number of carbonyl (C=O) groups excluding carboxylic acids is 1. The molecule has 0 bridgehead atoms. The maximum atomic E-state index is 12.0. The molecule has 1 amide bonds. The van der Waals surface area contributed by atoms with Crippen LogP contribution in [-0.4, -0.2) is 20.9 Å². The van der Waals surface area contributed by atoms with Crippen LogP contribution in [0.1, 0.15) is 41.4 Å². The third-order valence-electron chi connectivity index (χ3n) is 3.68. The van der Waals surface area contributed by atoms with Crippen LogP contribution in [0.15, 0.2) is 36.9 Å². The first kappa shape index (κ1) is 15.5. The number of fused-ring (bicyclic) bond motifs is 1. The van der Waals surface area contributed by atoms with Crippen LogP contribution in [0.5, 0.6) is 0 Å². The lowest BCUT2D eigenvalue weighted by atomic mass is 10.0. The van der Waals surface area contributed by atoms with Gasteiger partial charge in [0.05, 0.1) is 12.1 Å². The second-order valence-electron chi connectivity index (χ2n) is 5.72. The largest absolute Gasteiger partial charge is 0.357 e. The van der Waals surface area contributed by atoms with Crippen molar-refractivity contribution in [2.45, 2.75) is 26.3 Å². The van der Waals surface area contributed by atoms with Gasteiger partial charge in [-0.05, 0) is 29.7 Å². The average Bonchev–Trinajstić information content (AvgIpc) is 2.94. The highest BCUT2D eigenvalue weighted by Crippen LogP contribution is 2.29. The van der Waals surface area contributed by atoms with Crippen molar-refractivity contribution in [2.24, 2.45) is 0 Å². The number of carbonyl (C=O) groups is 1. The third-order valence-corrected chi connectivity index (χ3v) is 4.01. The van der Waals surface area contributed by atoms with Gasteiger partial charge in [0.15, 0.2) is 0 Å². The molecule has 2 heterocycles. The van der Waals surface area contributed by atoms with E-state index in [0.29, 0.717) is 18.0 Å². The number of aromatic amines is 1. The van der Waals surface area contributed by atoms with Crippen LogP contribution in [0.4, 0.5) is 0 Å². The Hall–Kier alpha value is -2.40. The zero-order valence-corrected chi connectivity index (χ0v) is 13.7. The summed E-state index contributed by atoms with van der Waals surface area (Å²) in [7, 11) is 0. The summed E-state index contributed by atoms with van der Waals surface area (Å²) in [6.07, 6.45) is 4.37. The molecule has 0 atom stereocenters. The number of hydrogen-bond acceptors (Lipinski definition) is 3. The van der Waals surface area contributed by atoms with Crippen molar-refractivity contribution in [1.29, 1.82) is 0 Å². The molecule has 1 aromatic carbocycles. The molecular weight excluding hydrogens is 312 g/mol. The van der Waals surface area contributed by atoms with Gasteiger partial charge < -0.3 is 10.3 Å². The van der Waals surface area contributed by atoms with Crippen LogP contribution < -0.4 is 5.32 Å². The normalized spacial score (nSPS) is 11.1. The van der Waals surface area contributed by atoms with Gasteiger partial charge in [-0.25, -0.2) is 9.97 Å². The Balaban J connectivity index is 1.77. The summed E-state index contributed by atoms with van der Waals surface area (Å²) in [6, 6.07) is 6.02. The van der Waals surface area contributed by atoms with Crippen molar-refractivity contribution in [3.05, 3.63) is 58.8 Å². The number of rotatable bonds is 4. The molecule has 3 aromatic rings. The van der Waals surface area contributed by atoms with E-state index in [-0.39, 0.29) is 5.91 Å². The number of H-pyrrole nitrogens is 1. The first-order valence-electron chi connectivity index (χ1n) is 7.39. The van der Waals surface area contributed by atoms with Crippen molar-refractivity contribution in [3.8, 4) is 0 Å². The Morgan fingerprint density at radius 3 is 2.70 bits per heavy atom. The second kappa shape index (κ2) is 6.38. The zero-order chi connectivity index (χ0) is 16.4. The summed E-state index contributed by atoms with van der Waals surface area (Å²) in [4.78, 5) is 23.0. The number of hydrogen-bond donors (Lipinski definition) is 2. The fourth-order valence-electron chi connectivity index (χ4n) is 2.46. The third kappa shape index (κ3) is 3.35. The molecule has 0 aliphatic carbocycles. The molecule has 2 N–H and O–H groups in total. The molecule has 3 rings (SSSR count). The molecule has 2 aromatic heterocycles. The van der Waals surface area contributed by atoms with Gasteiger partial charge in [0.25, 0.3) is 5.91 Å².